The van der Waals surface area contributed by atoms with Crippen molar-refractivity contribution < 1.29 is 17.9 Å². The summed E-state index contributed by atoms with van der Waals surface area (Å²) >= 11 is 0. The van der Waals surface area contributed by atoms with Crippen molar-refractivity contribution in [3.63, 3.8) is 0 Å². The minimum absolute atomic E-state index is 0. The highest BCUT2D eigenvalue weighted by Gasteiger charge is 2.25. The van der Waals surface area contributed by atoms with Gasteiger partial charge < -0.3 is 20.3 Å². The molecule has 9 nitrogen and oxygen atoms in total. The second kappa shape index (κ2) is 14.4. The molecule has 1 amide bonds. The molecule has 0 aromatic heterocycles. The fourth-order valence-electron chi connectivity index (χ4n) is 2.98. The molecule has 0 saturated carbocycles. The van der Waals surface area contributed by atoms with Gasteiger partial charge in [-0.3, -0.25) is 9.89 Å². The molecule has 1 fully saturated rings. The summed E-state index contributed by atoms with van der Waals surface area (Å²) in [6.45, 7) is 15.0. The first-order chi connectivity index (χ1) is 13.9. The van der Waals surface area contributed by atoms with Gasteiger partial charge in [-0.15, -0.1) is 24.0 Å². The van der Waals surface area contributed by atoms with Gasteiger partial charge in [0.25, 0.3) is 0 Å². The van der Waals surface area contributed by atoms with E-state index in [0.717, 1.165) is 32.6 Å². The zero-order chi connectivity index (χ0) is 22.8. The number of ether oxygens (including phenoxy) is 1. The molecule has 1 atom stereocenters. The quantitative estimate of drug-likeness (QED) is 0.188. The Bertz CT molecular complexity index is 659. The van der Waals surface area contributed by atoms with Gasteiger partial charge >= 0.3 is 6.09 Å². The average molecular weight is 576 g/mol. The second-order valence-electron chi connectivity index (χ2n) is 8.89. The number of aliphatic imine (C=N–C) groups is 1. The second-order valence-corrected chi connectivity index (χ2v) is 11.1. The first kappa shape index (κ1) is 30.2. The van der Waals surface area contributed by atoms with E-state index in [9.17, 15) is 13.2 Å². The Morgan fingerprint density at radius 3 is 2.32 bits per heavy atom. The van der Waals surface area contributed by atoms with Gasteiger partial charge in [-0.05, 0) is 47.5 Å². The summed E-state index contributed by atoms with van der Waals surface area (Å²) in [4.78, 5) is 20.8. The lowest BCUT2D eigenvalue weighted by Crippen LogP contribution is -2.50. The number of hydrogen-bond acceptors (Lipinski definition) is 6. The fraction of sp³-hybridized carbons (Fsp3) is 0.900. The molecule has 31 heavy (non-hydrogen) atoms. The van der Waals surface area contributed by atoms with Gasteiger partial charge in [0.1, 0.15) is 15.4 Å². The van der Waals surface area contributed by atoms with E-state index in [2.05, 4.69) is 20.5 Å². The Morgan fingerprint density at radius 2 is 1.81 bits per heavy atom. The Kier molecular flexibility index (Phi) is 14.0. The molecule has 0 aromatic rings. The number of halogens is 1. The van der Waals surface area contributed by atoms with Gasteiger partial charge in [0.2, 0.25) is 0 Å². The van der Waals surface area contributed by atoms with Crippen LogP contribution in [-0.4, -0.2) is 99.7 Å². The summed E-state index contributed by atoms with van der Waals surface area (Å²) in [5, 5.41) is 6.47. The summed E-state index contributed by atoms with van der Waals surface area (Å²) in [7, 11) is -2.96. The van der Waals surface area contributed by atoms with Gasteiger partial charge in [0, 0.05) is 58.1 Å². The normalized spacial score (nSPS) is 17.0. The van der Waals surface area contributed by atoms with Crippen LogP contribution >= 0.6 is 24.0 Å². The van der Waals surface area contributed by atoms with Crippen LogP contribution in [0.25, 0.3) is 0 Å². The number of hydrogen-bond donors (Lipinski definition) is 2. The first-order valence-electron chi connectivity index (χ1n) is 10.8. The Balaban J connectivity index is 0.00000900. The van der Waals surface area contributed by atoms with Crippen molar-refractivity contribution in [3.8, 4) is 0 Å². The van der Waals surface area contributed by atoms with Gasteiger partial charge in [0.15, 0.2) is 5.96 Å². The maximum atomic E-state index is 12.1. The highest BCUT2D eigenvalue weighted by Crippen LogP contribution is 2.12. The molecular formula is C20H42IN5O4S. The van der Waals surface area contributed by atoms with Gasteiger partial charge in [-0.1, -0.05) is 0 Å². The van der Waals surface area contributed by atoms with Crippen LogP contribution in [0.1, 0.15) is 47.5 Å². The van der Waals surface area contributed by atoms with Crippen LogP contribution in [-0.2, 0) is 14.6 Å². The summed E-state index contributed by atoms with van der Waals surface area (Å²) in [6.07, 6.45) is 2.48. The van der Waals surface area contributed by atoms with Crippen LogP contribution in [0.15, 0.2) is 4.99 Å². The third-order valence-electron chi connectivity index (χ3n) is 4.58. The van der Waals surface area contributed by atoms with Crippen molar-refractivity contribution in [2.75, 3.05) is 57.8 Å². The topological polar surface area (TPSA) is 103 Å². The molecule has 1 aliphatic heterocycles. The Labute approximate surface area is 205 Å². The SMILES string of the molecule is CCNC(=NCCCN1CCN(C(=O)OC(C)(C)C)CC1)NC(C)CCS(C)(=O)=O.I. The fourth-order valence-corrected chi connectivity index (χ4v) is 3.76. The lowest BCUT2D eigenvalue weighted by molar-refractivity contribution is 0.0145. The molecule has 1 unspecified atom stereocenters. The summed E-state index contributed by atoms with van der Waals surface area (Å²) in [5.41, 5.74) is -0.465. The van der Waals surface area contributed by atoms with Crippen molar-refractivity contribution >= 4 is 45.9 Å². The highest BCUT2D eigenvalue weighted by atomic mass is 127. The van der Waals surface area contributed by atoms with E-state index in [1.165, 1.54) is 6.26 Å². The largest absolute Gasteiger partial charge is 0.444 e. The minimum atomic E-state index is -2.96. The number of piperazine rings is 1. The third-order valence-corrected chi connectivity index (χ3v) is 5.55. The number of rotatable bonds is 9. The Hall–Kier alpha value is -0.820. The number of nitrogens with one attached hydrogen (secondary N) is 2. The molecule has 0 aliphatic carbocycles. The van der Waals surface area contributed by atoms with Gasteiger partial charge in [0.05, 0.1) is 5.75 Å². The molecule has 0 aromatic carbocycles. The number of nitrogens with zero attached hydrogens (tertiary/aromatic N) is 3. The van der Waals surface area contributed by atoms with E-state index in [1.807, 2.05) is 34.6 Å². The Morgan fingerprint density at radius 1 is 1.19 bits per heavy atom. The molecular weight excluding hydrogens is 533 g/mol. The molecule has 1 heterocycles. The molecule has 11 heteroatoms. The molecule has 1 rings (SSSR count). The zero-order valence-electron chi connectivity index (χ0n) is 19.9. The van der Waals surface area contributed by atoms with Crippen molar-refractivity contribution in [1.82, 2.24) is 20.4 Å². The van der Waals surface area contributed by atoms with E-state index in [1.54, 1.807) is 4.90 Å². The van der Waals surface area contributed by atoms with Crippen molar-refractivity contribution in [3.05, 3.63) is 0 Å². The molecule has 0 radical (unpaired) electrons. The molecule has 1 aliphatic rings. The average Bonchev–Trinajstić information content (AvgIpc) is 2.62. The third kappa shape index (κ3) is 14.8. The lowest BCUT2D eigenvalue weighted by Gasteiger charge is -2.35. The number of carbonyl (C=O) groups excluding carboxylic acids is 1. The number of sulfone groups is 1. The maximum Gasteiger partial charge on any atom is 0.410 e. The van der Waals surface area contributed by atoms with Crippen molar-refractivity contribution in [2.45, 2.75) is 59.1 Å². The van der Waals surface area contributed by atoms with Crippen LogP contribution in [0.3, 0.4) is 0 Å². The standard InChI is InChI=1S/C20H41N5O4S.HI/c1-7-21-18(23-17(2)9-16-30(6,27)28)22-10-8-11-24-12-14-25(15-13-24)19(26)29-20(3,4)5;/h17H,7-16H2,1-6H3,(H2,21,22,23);1H. The summed E-state index contributed by atoms with van der Waals surface area (Å²) in [5.74, 6) is 0.879. The summed E-state index contributed by atoms with van der Waals surface area (Å²) < 4.78 is 28.1. The van der Waals surface area contributed by atoms with Gasteiger partial charge in [-0.25, -0.2) is 13.2 Å². The van der Waals surface area contributed by atoms with E-state index in [4.69, 9.17) is 4.74 Å². The van der Waals surface area contributed by atoms with Crippen LogP contribution in [0.2, 0.25) is 0 Å². The highest BCUT2D eigenvalue weighted by molar-refractivity contribution is 14.0. The van der Waals surface area contributed by atoms with E-state index in [0.29, 0.717) is 32.0 Å². The predicted octanol–water partition coefficient (Wildman–Crippen LogP) is 1.93. The van der Waals surface area contributed by atoms with Crippen molar-refractivity contribution in [2.24, 2.45) is 4.99 Å². The number of guanidine groups is 1. The zero-order valence-corrected chi connectivity index (χ0v) is 23.1. The predicted molar refractivity (Wildman–Crippen MR) is 137 cm³/mol. The lowest BCUT2D eigenvalue weighted by atomic mass is 10.2. The molecule has 2 N–H and O–H groups in total. The monoisotopic (exact) mass is 575 g/mol. The smallest absolute Gasteiger partial charge is 0.410 e. The van der Waals surface area contributed by atoms with Crippen LogP contribution in [0, 0.1) is 0 Å². The number of amides is 1. The van der Waals surface area contributed by atoms with Crippen LogP contribution in [0.5, 0.6) is 0 Å². The first-order valence-corrected chi connectivity index (χ1v) is 12.9. The maximum absolute atomic E-state index is 12.1. The van der Waals surface area contributed by atoms with E-state index < -0.39 is 15.4 Å². The summed E-state index contributed by atoms with van der Waals surface area (Å²) in [6, 6.07) is 0.0263. The molecule has 184 valence electrons. The van der Waals surface area contributed by atoms with Crippen LogP contribution < -0.4 is 10.6 Å². The van der Waals surface area contributed by atoms with Gasteiger partial charge in [-0.2, -0.15) is 0 Å². The van der Waals surface area contributed by atoms with Crippen molar-refractivity contribution in [1.29, 1.82) is 0 Å². The molecule has 0 bridgehead atoms. The molecule has 1 saturated heterocycles. The minimum Gasteiger partial charge on any atom is -0.444 e. The molecule has 0 spiro atoms. The van der Waals surface area contributed by atoms with E-state index in [-0.39, 0.29) is 41.9 Å². The van der Waals surface area contributed by atoms with E-state index >= 15 is 0 Å². The van der Waals surface area contributed by atoms with Crippen LogP contribution in [0.4, 0.5) is 4.79 Å². The number of carbonyl (C=O) groups is 1.